The maximum absolute atomic E-state index is 11.5. The van der Waals surface area contributed by atoms with Crippen LogP contribution in [-0.2, 0) is 4.74 Å². The van der Waals surface area contributed by atoms with Crippen molar-refractivity contribution >= 4 is 28.6 Å². The molecule has 3 nitrogen and oxygen atoms in total. The zero-order chi connectivity index (χ0) is 11.4. The maximum atomic E-state index is 11.5. The highest BCUT2D eigenvalue weighted by Gasteiger charge is 2.09. The molecule has 1 rings (SSSR count). The molecule has 0 aliphatic carbocycles. The van der Waals surface area contributed by atoms with Crippen molar-refractivity contribution < 1.29 is 14.6 Å². The summed E-state index contributed by atoms with van der Waals surface area (Å²) in [5.74, 6) is 0.155. The van der Waals surface area contributed by atoms with Gasteiger partial charge >= 0.3 is 5.97 Å². The van der Waals surface area contributed by atoms with E-state index in [9.17, 15) is 9.90 Å². The molecule has 0 saturated carbocycles. The minimum Gasteiger partial charge on any atom is -0.507 e. The summed E-state index contributed by atoms with van der Waals surface area (Å²) in [4.78, 5) is 11.5. The van der Waals surface area contributed by atoms with E-state index in [1.54, 1.807) is 12.1 Å². The molecule has 1 aromatic rings. The summed E-state index contributed by atoms with van der Waals surface area (Å²) in [7, 11) is 0. The van der Waals surface area contributed by atoms with Crippen molar-refractivity contribution in [1.82, 2.24) is 0 Å². The number of ether oxygens (including phenoxy) is 1. The Bertz CT molecular complexity index is 361. The first kappa shape index (κ1) is 12.3. The summed E-state index contributed by atoms with van der Waals surface area (Å²) in [6, 6.07) is 4.66. The lowest BCUT2D eigenvalue weighted by molar-refractivity contribution is 0.0459. The first-order chi connectivity index (χ1) is 7.00. The van der Waals surface area contributed by atoms with Gasteiger partial charge in [0, 0.05) is 0 Å². The Morgan fingerprint density at radius 1 is 1.53 bits per heavy atom. The summed E-state index contributed by atoms with van der Waals surface area (Å²) >= 11 is 1.97. The van der Waals surface area contributed by atoms with Gasteiger partial charge in [-0.15, -0.1) is 0 Å². The highest BCUT2D eigenvalue weighted by atomic mass is 127. The first-order valence-electron chi connectivity index (χ1n) is 4.66. The van der Waals surface area contributed by atoms with Crippen LogP contribution in [0, 0.1) is 9.49 Å². The molecular formula is C11H13IO3. The summed E-state index contributed by atoms with van der Waals surface area (Å²) in [6.45, 7) is 4.37. The molecule has 82 valence electrons. The molecule has 0 heterocycles. The van der Waals surface area contributed by atoms with Crippen molar-refractivity contribution in [2.45, 2.75) is 13.8 Å². The molecule has 0 bridgehead atoms. The lowest BCUT2D eigenvalue weighted by Crippen LogP contribution is -2.10. The van der Waals surface area contributed by atoms with E-state index in [1.807, 2.05) is 36.4 Å². The molecule has 0 atom stereocenters. The SMILES string of the molecule is CC(C)COC(=O)c1ccc(O)c(I)c1. The quantitative estimate of drug-likeness (QED) is 0.688. The van der Waals surface area contributed by atoms with Crippen LogP contribution in [0.3, 0.4) is 0 Å². The van der Waals surface area contributed by atoms with Crippen molar-refractivity contribution in [1.29, 1.82) is 0 Å². The average molecular weight is 320 g/mol. The van der Waals surface area contributed by atoms with E-state index < -0.39 is 0 Å². The number of carbonyl (C=O) groups is 1. The van der Waals surface area contributed by atoms with Crippen LogP contribution in [0.15, 0.2) is 18.2 Å². The molecule has 0 amide bonds. The van der Waals surface area contributed by atoms with Crippen LogP contribution >= 0.6 is 22.6 Å². The topological polar surface area (TPSA) is 46.5 Å². The number of rotatable bonds is 3. The van der Waals surface area contributed by atoms with Gasteiger partial charge in [0.05, 0.1) is 15.7 Å². The fraction of sp³-hybridized carbons (Fsp3) is 0.364. The van der Waals surface area contributed by atoms with Gasteiger partial charge in [0.2, 0.25) is 0 Å². The van der Waals surface area contributed by atoms with E-state index in [1.165, 1.54) is 6.07 Å². The maximum Gasteiger partial charge on any atom is 0.338 e. The third kappa shape index (κ3) is 3.70. The molecule has 15 heavy (non-hydrogen) atoms. The molecule has 1 aromatic carbocycles. The van der Waals surface area contributed by atoms with E-state index in [2.05, 4.69) is 0 Å². The third-order valence-electron chi connectivity index (χ3n) is 1.73. The normalized spacial score (nSPS) is 10.4. The van der Waals surface area contributed by atoms with Crippen molar-refractivity contribution in [2.75, 3.05) is 6.61 Å². The van der Waals surface area contributed by atoms with Crippen molar-refractivity contribution in [2.24, 2.45) is 5.92 Å². The standard InChI is InChI=1S/C11H13IO3/c1-7(2)6-15-11(14)8-3-4-10(13)9(12)5-8/h3-5,7,13H,6H2,1-2H3. The molecule has 0 aliphatic heterocycles. The Morgan fingerprint density at radius 2 is 2.20 bits per heavy atom. The average Bonchev–Trinajstić information content (AvgIpc) is 2.18. The predicted octanol–water partition coefficient (Wildman–Crippen LogP) is 2.81. The van der Waals surface area contributed by atoms with Crippen LogP contribution in [0.25, 0.3) is 0 Å². The second-order valence-electron chi connectivity index (χ2n) is 3.66. The Balaban J connectivity index is 2.70. The summed E-state index contributed by atoms with van der Waals surface area (Å²) in [6.07, 6.45) is 0. The number of phenols is 1. The van der Waals surface area contributed by atoms with Gasteiger partial charge in [0.15, 0.2) is 0 Å². The Morgan fingerprint density at radius 3 is 2.73 bits per heavy atom. The molecule has 0 aromatic heterocycles. The van der Waals surface area contributed by atoms with Gasteiger partial charge in [-0.1, -0.05) is 13.8 Å². The lowest BCUT2D eigenvalue weighted by Gasteiger charge is -2.07. The van der Waals surface area contributed by atoms with Crippen LogP contribution in [-0.4, -0.2) is 17.7 Å². The van der Waals surface area contributed by atoms with E-state index >= 15 is 0 Å². The van der Waals surface area contributed by atoms with E-state index in [0.29, 0.717) is 21.7 Å². The monoisotopic (exact) mass is 320 g/mol. The summed E-state index contributed by atoms with van der Waals surface area (Å²) in [5.41, 5.74) is 0.470. The van der Waals surface area contributed by atoms with Gasteiger partial charge in [-0.2, -0.15) is 0 Å². The van der Waals surface area contributed by atoms with Crippen LogP contribution in [0.1, 0.15) is 24.2 Å². The predicted molar refractivity (Wildman–Crippen MR) is 65.9 cm³/mol. The third-order valence-corrected chi connectivity index (χ3v) is 2.60. The highest BCUT2D eigenvalue weighted by Crippen LogP contribution is 2.20. The number of esters is 1. The van der Waals surface area contributed by atoms with Crippen molar-refractivity contribution in [3.63, 3.8) is 0 Å². The fourth-order valence-corrected chi connectivity index (χ4v) is 1.47. The van der Waals surface area contributed by atoms with Crippen molar-refractivity contribution in [3.8, 4) is 5.75 Å². The number of aromatic hydroxyl groups is 1. The highest BCUT2D eigenvalue weighted by molar-refractivity contribution is 14.1. The molecule has 0 aliphatic rings. The number of hydrogen-bond donors (Lipinski definition) is 1. The minimum absolute atomic E-state index is 0.177. The molecule has 0 fully saturated rings. The van der Waals surface area contributed by atoms with Crippen LogP contribution < -0.4 is 0 Å². The molecule has 0 spiro atoms. The van der Waals surface area contributed by atoms with Gasteiger partial charge in [0.25, 0.3) is 0 Å². The Labute approximate surface area is 103 Å². The number of carbonyl (C=O) groups excluding carboxylic acids is 1. The number of halogens is 1. The molecular weight excluding hydrogens is 307 g/mol. The second kappa shape index (κ2) is 5.34. The van der Waals surface area contributed by atoms with Crippen LogP contribution in [0.4, 0.5) is 0 Å². The minimum atomic E-state index is -0.346. The van der Waals surface area contributed by atoms with E-state index in [0.717, 1.165) is 0 Å². The second-order valence-corrected chi connectivity index (χ2v) is 4.82. The van der Waals surface area contributed by atoms with Gasteiger partial charge in [-0.25, -0.2) is 4.79 Å². The molecule has 4 heteroatoms. The molecule has 0 radical (unpaired) electrons. The fourth-order valence-electron chi connectivity index (χ4n) is 0.960. The zero-order valence-corrected chi connectivity index (χ0v) is 10.8. The smallest absolute Gasteiger partial charge is 0.338 e. The van der Waals surface area contributed by atoms with Crippen LogP contribution in [0.2, 0.25) is 0 Å². The first-order valence-corrected chi connectivity index (χ1v) is 5.74. The Hall–Kier alpha value is -0.780. The van der Waals surface area contributed by atoms with Gasteiger partial charge in [0.1, 0.15) is 5.75 Å². The number of benzene rings is 1. The summed E-state index contributed by atoms with van der Waals surface area (Å²) in [5, 5.41) is 9.28. The van der Waals surface area contributed by atoms with Gasteiger partial charge in [-0.3, -0.25) is 0 Å². The zero-order valence-electron chi connectivity index (χ0n) is 8.66. The van der Waals surface area contributed by atoms with Gasteiger partial charge in [-0.05, 0) is 46.7 Å². The van der Waals surface area contributed by atoms with E-state index in [4.69, 9.17) is 4.74 Å². The van der Waals surface area contributed by atoms with E-state index in [-0.39, 0.29) is 11.7 Å². The molecule has 0 saturated heterocycles. The number of hydrogen-bond acceptors (Lipinski definition) is 3. The number of phenolic OH excluding ortho intramolecular Hbond substituents is 1. The van der Waals surface area contributed by atoms with Gasteiger partial charge < -0.3 is 9.84 Å². The largest absolute Gasteiger partial charge is 0.507 e. The van der Waals surface area contributed by atoms with Crippen molar-refractivity contribution in [3.05, 3.63) is 27.3 Å². The van der Waals surface area contributed by atoms with Crippen LogP contribution in [0.5, 0.6) is 5.75 Å². The molecule has 0 unspecified atom stereocenters. The molecule has 1 N–H and O–H groups in total. The lowest BCUT2D eigenvalue weighted by atomic mass is 10.2. The Kier molecular flexibility index (Phi) is 4.38. The summed E-state index contributed by atoms with van der Waals surface area (Å²) < 4.78 is 5.71.